The highest BCUT2D eigenvalue weighted by Gasteiger charge is 2.35. The van der Waals surface area contributed by atoms with Gasteiger partial charge in [0.2, 0.25) is 10.0 Å². The third-order valence-corrected chi connectivity index (χ3v) is 6.18. The maximum atomic E-state index is 12.9. The molecule has 1 atom stereocenters. The van der Waals surface area contributed by atoms with Crippen LogP contribution in [0, 0.1) is 13.8 Å². The van der Waals surface area contributed by atoms with Crippen LogP contribution < -0.4 is 9.47 Å². The lowest BCUT2D eigenvalue weighted by molar-refractivity contribution is 0.194. The molecule has 0 saturated carbocycles. The van der Waals surface area contributed by atoms with Crippen molar-refractivity contribution in [2.75, 3.05) is 20.2 Å². The van der Waals surface area contributed by atoms with Crippen LogP contribution >= 0.6 is 0 Å². The molecule has 1 aliphatic rings. The highest BCUT2D eigenvalue weighted by atomic mass is 32.2. The van der Waals surface area contributed by atoms with Crippen LogP contribution in [-0.2, 0) is 10.0 Å². The molecule has 0 amide bonds. The first-order valence-corrected chi connectivity index (χ1v) is 9.45. The van der Waals surface area contributed by atoms with Crippen molar-refractivity contribution in [1.29, 1.82) is 0 Å². The average Bonchev–Trinajstić information content (AvgIpc) is 3.07. The summed E-state index contributed by atoms with van der Waals surface area (Å²) < 4.78 is 38.3. The van der Waals surface area contributed by atoms with Gasteiger partial charge < -0.3 is 9.47 Å². The largest absolute Gasteiger partial charge is 0.477 e. The van der Waals surface area contributed by atoms with E-state index in [9.17, 15) is 8.42 Å². The number of benzene rings is 1. The highest BCUT2D eigenvalue weighted by molar-refractivity contribution is 7.89. The number of methoxy groups -OCH3 is 1. The van der Waals surface area contributed by atoms with E-state index >= 15 is 0 Å². The van der Waals surface area contributed by atoms with E-state index in [-0.39, 0.29) is 18.5 Å². The van der Waals surface area contributed by atoms with Crippen LogP contribution in [0.25, 0.3) is 0 Å². The molecule has 1 fully saturated rings. The Hall–Kier alpha value is -2.19. The van der Waals surface area contributed by atoms with Crippen LogP contribution in [0.15, 0.2) is 35.5 Å². The maximum absolute atomic E-state index is 12.9. The average molecular weight is 363 g/mol. The van der Waals surface area contributed by atoms with Gasteiger partial charge in [-0.2, -0.15) is 4.31 Å². The fourth-order valence-electron chi connectivity index (χ4n) is 2.83. The molecule has 0 spiro atoms. The molecule has 1 unspecified atom stereocenters. The van der Waals surface area contributed by atoms with Crippen LogP contribution in [0.4, 0.5) is 0 Å². The maximum Gasteiger partial charge on any atom is 0.278 e. The second-order valence-electron chi connectivity index (χ2n) is 6.03. The minimum atomic E-state index is -3.55. The lowest BCUT2D eigenvalue weighted by Gasteiger charge is -2.19. The van der Waals surface area contributed by atoms with Gasteiger partial charge in [0.15, 0.2) is 0 Å². The zero-order valence-corrected chi connectivity index (χ0v) is 15.3. The van der Waals surface area contributed by atoms with E-state index in [4.69, 9.17) is 9.47 Å². The molecule has 1 aromatic heterocycles. The molecular weight excluding hydrogens is 342 g/mol. The summed E-state index contributed by atoms with van der Waals surface area (Å²) in [7, 11) is -2.06. The number of ether oxygens (including phenoxy) is 2. The van der Waals surface area contributed by atoms with Crippen molar-refractivity contribution >= 4 is 10.0 Å². The summed E-state index contributed by atoms with van der Waals surface area (Å²) in [6.07, 6.45) is 3.32. The number of sulfonamides is 1. The molecule has 0 bridgehead atoms. The van der Waals surface area contributed by atoms with Crippen molar-refractivity contribution in [1.82, 2.24) is 14.3 Å². The van der Waals surface area contributed by atoms with Crippen molar-refractivity contribution in [3.8, 4) is 11.8 Å². The molecule has 0 radical (unpaired) electrons. The quantitative estimate of drug-likeness (QED) is 0.807. The van der Waals surface area contributed by atoms with Crippen molar-refractivity contribution in [3.63, 3.8) is 0 Å². The number of hydrogen-bond donors (Lipinski definition) is 0. The van der Waals surface area contributed by atoms with Gasteiger partial charge >= 0.3 is 0 Å². The van der Waals surface area contributed by atoms with Crippen LogP contribution in [0.3, 0.4) is 0 Å². The summed E-state index contributed by atoms with van der Waals surface area (Å²) in [5, 5.41) is 0. The number of aromatic nitrogens is 2. The summed E-state index contributed by atoms with van der Waals surface area (Å²) in [6.45, 7) is 4.37. The second-order valence-corrected chi connectivity index (χ2v) is 7.94. The van der Waals surface area contributed by atoms with Gasteiger partial charge in [0.05, 0.1) is 18.6 Å². The van der Waals surface area contributed by atoms with Crippen molar-refractivity contribution in [2.24, 2.45) is 0 Å². The third-order valence-electron chi connectivity index (χ3n) is 4.17. The predicted molar refractivity (Wildman–Crippen MR) is 92.3 cm³/mol. The first-order chi connectivity index (χ1) is 11.9. The van der Waals surface area contributed by atoms with E-state index in [2.05, 4.69) is 9.97 Å². The number of nitrogens with zero attached hydrogens (tertiary/aromatic N) is 3. The van der Waals surface area contributed by atoms with E-state index in [1.807, 2.05) is 19.1 Å². The van der Waals surface area contributed by atoms with E-state index in [1.165, 1.54) is 23.8 Å². The molecule has 8 heteroatoms. The first-order valence-electron chi connectivity index (χ1n) is 8.01. The Balaban J connectivity index is 1.77. The Morgan fingerprint density at radius 3 is 2.60 bits per heavy atom. The van der Waals surface area contributed by atoms with Crippen LogP contribution in [0.1, 0.15) is 17.5 Å². The summed E-state index contributed by atoms with van der Waals surface area (Å²) >= 11 is 0. The molecule has 2 heterocycles. The Morgan fingerprint density at radius 2 is 1.88 bits per heavy atom. The Kier molecular flexibility index (Phi) is 4.91. The first kappa shape index (κ1) is 17.6. The molecule has 0 N–H and O–H groups in total. The number of hydrogen-bond acceptors (Lipinski definition) is 6. The molecule has 3 rings (SSSR count). The monoisotopic (exact) mass is 363 g/mol. The fourth-order valence-corrected chi connectivity index (χ4v) is 4.62. The van der Waals surface area contributed by atoms with Crippen LogP contribution in [0.5, 0.6) is 11.8 Å². The van der Waals surface area contributed by atoms with E-state index < -0.39 is 10.0 Å². The molecular formula is C17H21N3O4S. The van der Waals surface area contributed by atoms with Gasteiger partial charge in [0.25, 0.3) is 11.8 Å². The normalized spacial score (nSPS) is 18.3. The number of aryl methyl sites for hydroxylation is 2. The zero-order chi connectivity index (χ0) is 18.0. The Morgan fingerprint density at radius 1 is 1.16 bits per heavy atom. The predicted octanol–water partition coefficient (Wildman–Crippen LogP) is 1.94. The molecule has 7 nitrogen and oxygen atoms in total. The van der Waals surface area contributed by atoms with Crippen molar-refractivity contribution in [2.45, 2.75) is 31.3 Å². The van der Waals surface area contributed by atoms with Crippen LogP contribution in [-0.4, -0.2) is 49.0 Å². The second kappa shape index (κ2) is 6.97. The summed E-state index contributed by atoms with van der Waals surface area (Å²) in [4.78, 5) is 8.49. The van der Waals surface area contributed by atoms with Crippen LogP contribution in [0.2, 0.25) is 0 Å². The SMILES string of the molecule is COc1nccnc1OC1CCN(S(=O)(=O)c2cc(C)ccc2C)C1. The van der Waals surface area contributed by atoms with E-state index in [0.717, 1.165) is 11.1 Å². The van der Waals surface area contributed by atoms with Crippen molar-refractivity contribution < 1.29 is 17.9 Å². The third kappa shape index (κ3) is 3.59. The summed E-state index contributed by atoms with van der Waals surface area (Å²) in [5.41, 5.74) is 1.66. The van der Waals surface area contributed by atoms with Crippen molar-refractivity contribution in [3.05, 3.63) is 41.7 Å². The van der Waals surface area contributed by atoms with Gasteiger partial charge in [-0.25, -0.2) is 18.4 Å². The molecule has 1 aliphatic heterocycles. The lowest BCUT2D eigenvalue weighted by atomic mass is 10.2. The number of rotatable bonds is 5. The molecule has 25 heavy (non-hydrogen) atoms. The molecule has 0 aliphatic carbocycles. The minimum absolute atomic E-state index is 0.273. The zero-order valence-electron chi connectivity index (χ0n) is 14.5. The van der Waals surface area contributed by atoms with E-state index in [0.29, 0.717) is 23.7 Å². The molecule has 1 aromatic carbocycles. The molecule has 1 saturated heterocycles. The lowest BCUT2D eigenvalue weighted by Crippen LogP contribution is -2.31. The standard InChI is InChI=1S/C17H21N3O4S/c1-12-4-5-13(2)15(10-12)25(21,22)20-9-6-14(11-20)24-17-16(23-3)18-7-8-19-17/h4-5,7-8,10,14H,6,9,11H2,1-3H3. The van der Waals surface area contributed by atoms with Gasteiger partial charge in [0.1, 0.15) is 6.10 Å². The Labute approximate surface area is 147 Å². The highest BCUT2D eigenvalue weighted by Crippen LogP contribution is 2.28. The minimum Gasteiger partial charge on any atom is -0.477 e. The summed E-state index contributed by atoms with van der Waals surface area (Å²) in [6, 6.07) is 5.45. The van der Waals surface area contributed by atoms with Gasteiger partial charge in [-0.05, 0) is 37.5 Å². The Bertz CT molecular complexity index is 870. The molecule has 2 aromatic rings. The fraction of sp³-hybridized carbons (Fsp3) is 0.412. The molecule has 134 valence electrons. The summed E-state index contributed by atoms with van der Waals surface area (Å²) in [5.74, 6) is 0.569. The topological polar surface area (TPSA) is 81.6 Å². The smallest absolute Gasteiger partial charge is 0.278 e. The van der Waals surface area contributed by atoms with E-state index in [1.54, 1.807) is 13.0 Å². The van der Waals surface area contributed by atoms with Gasteiger partial charge in [-0.3, -0.25) is 0 Å². The van der Waals surface area contributed by atoms with Gasteiger partial charge in [-0.1, -0.05) is 12.1 Å². The van der Waals surface area contributed by atoms with Gasteiger partial charge in [-0.15, -0.1) is 0 Å². The van der Waals surface area contributed by atoms with Gasteiger partial charge in [0, 0.05) is 18.9 Å².